The van der Waals surface area contributed by atoms with Gasteiger partial charge in [0, 0.05) is 13.6 Å². The minimum atomic E-state index is -0.201. The Bertz CT molecular complexity index is 950. The zero-order chi connectivity index (χ0) is 19.5. The highest BCUT2D eigenvalue weighted by atomic mass is 16.5. The molecule has 0 spiro atoms. The van der Waals surface area contributed by atoms with Gasteiger partial charge in [-0.2, -0.15) is 10.1 Å². The fourth-order valence-electron chi connectivity index (χ4n) is 3.53. The molecule has 28 heavy (non-hydrogen) atoms. The molecule has 1 aliphatic heterocycles. The first kappa shape index (κ1) is 18.2. The topological polar surface area (TPSA) is 86.3 Å². The SMILES string of the molecule is Cc1cc(-c2nc(C3CCCCN3C(=O)COc3ccccc3)no2)n(C)n1. The van der Waals surface area contributed by atoms with E-state index < -0.39 is 0 Å². The Kier molecular flexibility index (Phi) is 5.10. The first-order chi connectivity index (χ1) is 13.6. The van der Waals surface area contributed by atoms with E-state index >= 15 is 0 Å². The Hall–Kier alpha value is -3.16. The maximum atomic E-state index is 12.8. The Balaban J connectivity index is 1.49. The Morgan fingerprint density at radius 3 is 2.86 bits per heavy atom. The van der Waals surface area contributed by atoms with Crippen molar-refractivity contribution in [3.05, 3.63) is 47.9 Å². The van der Waals surface area contributed by atoms with Crippen LogP contribution in [-0.4, -0.2) is 43.9 Å². The zero-order valence-electron chi connectivity index (χ0n) is 16.0. The number of carbonyl (C=O) groups is 1. The number of hydrogen-bond donors (Lipinski definition) is 0. The molecule has 146 valence electrons. The lowest BCUT2D eigenvalue weighted by atomic mass is 10.0. The second kappa shape index (κ2) is 7.84. The summed E-state index contributed by atoms with van der Waals surface area (Å²) in [6.07, 6.45) is 2.78. The smallest absolute Gasteiger partial charge is 0.276 e. The maximum Gasteiger partial charge on any atom is 0.276 e. The molecule has 0 N–H and O–H groups in total. The summed E-state index contributed by atoms with van der Waals surface area (Å²) < 4.78 is 12.8. The van der Waals surface area contributed by atoms with E-state index in [2.05, 4.69) is 15.2 Å². The largest absolute Gasteiger partial charge is 0.484 e. The van der Waals surface area contributed by atoms with Crippen LogP contribution in [0.5, 0.6) is 5.75 Å². The van der Waals surface area contributed by atoms with Gasteiger partial charge in [0.25, 0.3) is 11.8 Å². The molecule has 1 aliphatic rings. The van der Waals surface area contributed by atoms with Crippen LogP contribution in [0.15, 0.2) is 40.9 Å². The van der Waals surface area contributed by atoms with Crippen molar-refractivity contribution in [3.63, 3.8) is 0 Å². The number of piperidine rings is 1. The van der Waals surface area contributed by atoms with Crippen molar-refractivity contribution in [2.24, 2.45) is 7.05 Å². The minimum absolute atomic E-state index is 0.00779. The van der Waals surface area contributed by atoms with Crippen molar-refractivity contribution in [1.82, 2.24) is 24.8 Å². The van der Waals surface area contributed by atoms with Crippen LogP contribution in [0, 0.1) is 6.92 Å². The number of benzene rings is 1. The van der Waals surface area contributed by atoms with Crippen LogP contribution in [0.2, 0.25) is 0 Å². The molecule has 2 aromatic heterocycles. The number of rotatable bonds is 5. The van der Waals surface area contributed by atoms with Gasteiger partial charge in [0.1, 0.15) is 11.4 Å². The average Bonchev–Trinajstić information content (AvgIpc) is 3.33. The summed E-state index contributed by atoms with van der Waals surface area (Å²) in [4.78, 5) is 19.1. The van der Waals surface area contributed by atoms with Crippen molar-refractivity contribution in [2.75, 3.05) is 13.2 Å². The molecule has 4 rings (SSSR count). The highest BCUT2D eigenvalue weighted by Crippen LogP contribution is 2.31. The van der Waals surface area contributed by atoms with Crippen LogP contribution in [0.25, 0.3) is 11.6 Å². The van der Waals surface area contributed by atoms with Gasteiger partial charge in [0.15, 0.2) is 12.4 Å². The lowest BCUT2D eigenvalue weighted by Gasteiger charge is -2.33. The Morgan fingerprint density at radius 2 is 2.11 bits per heavy atom. The van der Waals surface area contributed by atoms with E-state index in [1.54, 1.807) is 9.58 Å². The van der Waals surface area contributed by atoms with Crippen LogP contribution in [0.3, 0.4) is 0 Å². The molecule has 0 saturated carbocycles. The number of ether oxygens (including phenoxy) is 1. The van der Waals surface area contributed by atoms with Crippen molar-refractivity contribution < 1.29 is 14.1 Å². The minimum Gasteiger partial charge on any atom is -0.484 e. The summed E-state index contributed by atoms with van der Waals surface area (Å²) in [7, 11) is 1.84. The number of para-hydroxylation sites is 1. The molecule has 1 amide bonds. The third kappa shape index (κ3) is 3.76. The molecule has 1 fully saturated rings. The molecule has 8 nitrogen and oxygen atoms in total. The van der Waals surface area contributed by atoms with Crippen LogP contribution in [0.4, 0.5) is 0 Å². The third-order valence-electron chi connectivity index (χ3n) is 4.89. The van der Waals surface area contributed by atoms with Gasteiger partial charge in [0.05, 0.1) is 11.7 Å². The van der Waals surface area contributed by atoms with Crippen LogP contribution < -0.4 is 4.74 Å². The number of aryl methyl sites for hydroxylation is 2. The van der Waals surface area contributed by atoms with Crippen molar-refractivity contribution in [1.29, 1.82) is 0 Å². The zero-order valence-corrected chi connectivity index (χ0v) is 16.0. The number of aromatic nitrogens is 4. The van der Waals surface area contributed by atoms with Gasteiger partial charge in [-0.1, -0.05) is 23.4 Å². The summed E-state index contributed by atoms with van der Waals surface area (Å²) in [6, 6.07) is 11.0. The normalized spacial score (nSPS) is 16.9. The van der Waals surface area contributed by atoms with Crippen molar-refractivity contribution >= 4 is 5.91 Å². The first-order valence-electron chi connectivity index (χ1n) is 9.44. The van der Waals surface area contributed by atoms with E-state index in [0.717, 1.165) is 30.7 Å². The average molecular weight is 381 g/mol. The molecule has 1 saturated heterocycles. The van der Waals surface area contributed by atoms with Crippen LogP contribution in [0.1, 0.15) is 36.8 Å². The monoisotopic (exact) mass is 381 g/mol. The number of likely N-dealkylation sites (tertiary alicyclic amines) is 1. The summed E-state index contributed by atoms with van der Waals surface area (Å²) >= 11 is 0. The Labute approximate surface area is 163 Å². The van der Waals surface area contributed by atoms with Crippen molar-refractivity contribution in [2.45, 2.75) is 32.2 Å². The summed E-state index contributed by atoms with van der Waals surface area (Å²) in [5.41, 5.74) is 1.64. The molecule has 1 aromatic carbocycles. The van der Waals surface area contributed by atoms with Crippen LogP contribution in [-0.2, 0) is 11.8 Å². The number of amides is 1. The molecule has 0 bridgehead atoms. The highest BCUT2D eigenvalue weighted by molar-refractivity contribution is 5.78. The molecule has 8 heteroatoms. The second-order valence-electron chi connectivity index (χ2n) is 6.95. The quantitative estimate of drug-likeness (QED) is 0.675. The van der Waals surface area contributed by atoms with E-state index in [-0.39, 0.29) is 18.6 Å². The standard InChI is InChI=1S/C20H23N5O3/c1-14-12-17(24(2)22-14)20-21-19(23-28-20)16-10-6-7-11-25(16)18(26)13-27-15-8-4-3-5-9-15/h3-5,8-9,12,16H,6-7,10-11,13H2,1-2H3. The van der Waals surface area contributed by atoms with E-state index in [4.69, 9.17) is 9.26 Å². The van der Waals surface area contributed by atoms with Gasteiger partial charge in [-0.3, -0.25) is 9.48 Å². The predicted molar refractivity (Wildman–Crippen MR) is 101 cm³/mol. The molecule has 1 unspecified atom stereocenters. The van der Waals surface area contributed by atoms with Gasteiger partial charge < -0.3 is 14.2 Å². The molecule has 1 atom stereocenters. The van der Waals surface area contributed by atoms with E-state index in [1.165, 1.54) is 0 Å². The fourth-order valence-corrected chi connectivity index (χ4v) is 3.53. The molecule has 3 aromatic rings. The Morgan fingerprint density at radius 1 is 1.29 bits per heavy atom. The van der Waals surface area contributed by atoms with Gasteiger partial charge in [-0.15, -0.1) is 0 Å². The molecular weight excluding hydrogens is 358 g/mol. The lowest BCUT2D eigenvalue weighted by molar-refractivity contribution is -0.137. The second-order valence-corrected chi connectivity index (χ2v) is 6.95. The van der Waals surface area contributed by atoms with E-state index in [0.29, 0.717) is 24.0 Å². The van der Waals surface area contributed by atoms with Crippen molar-refractivity contribution in [3.8, 4) is 17.3 Å². The molecular formula is C20H23N5O3. The highest BCUT2D eigenvalue weighted by Gasteiger charge is 2.32. The first-order valence-corrected chi connectivity index (χ1v) is 9.44. The van der Waals surface area contributed by atoms with E-state index in [9.17, 15) is 4.79 Å². The molecule has 3 heterocycles. The summed E-state index contributed by atoms with van der Waals surface area (Å²) in [5, 5.41) is 8.47. The summed E-state index contributed by atoms with van der Waals surface area (Å²) in [5.74, 6) is 1.55. The fraction of sp³-hybridized carbons (Fsp3) is 0.400. The third-order valence-corrected chi connectivity index (χ3v) is 4.89. The predicted octanol–water partition coefficient (Wildman–Crippen LogP) is 2.91. The number of nitrogens with zero attached hydrogens (tertiary/aromatic N) is 5. The van der Waals surface area contributed by atoms with E-state index in [1.807, 2.05) is 50.4 Å². The van der Waals surface area contributed by atoms with Gasteiger partial charge in [0.2, 0.25) is 0 Å². The maximum absolute atomic E-state index is 12.8. The molecule has 0 aliphatic carbocycles. The van der Waals surface area contributed by atoms with Crippen LogP contribution >= 0.6 is 0 Å². The number of carbonyl (C=O) groups excluding carboxylic acids is 1. The molecule has 0 radical (unpaired) electrons. The van der Waals surface area contributed by atoms with Gasteiger partial charge >= 0.3 is 0 Å². The van der Waals surface area contributed by atoms with Gasteiger partial charge in [-0.05, 0) is 44.4 Å². The lowest BCUT2D eigenvalue weighted by Crippen LogP contribution is -2.41. The summed E-state index contributed by atoms with van der Waals surface area (Å²) in [6.45, 7) is 2.57. The number of hydrogen-bond acceptors (Lipinski definition) is 6. The van der Waals surface area contributed by atoms with Gasteiger partial charge in [-0.25, -0.2) is 0 Å².